The average molecular weight is 265 g/mol. The lowest BCUT2D eigenvalue weighted by atomic mass is 10.1. The fourth-order valence-electron chi connectivity index (χ4n) is 1.84. The molecule has 0 radical (unpaired) electrons. The summed E-state index contributed by atoms with van der Waals surface area (Å²) in [5.74, 6) is -0.218. The van der Waals surface area contributed by atoms with E-state index in [0.29, 0.717) is 10.8 Å². The molecule has 0 aliphatic rings. The van der Waals surface area contributed by atoms with E-state index in [1.807, 2.05) is 24.3 Å². The molecule has 0 heterocycles. The molecule has 4 heteroatoms. The minimum absolute atomic E-state index is 0.0308. The molecule has 3 nitrogen and oxygen atoms in total. The maximum absolute atomic E-state index is 10.6. The van der Waals surface area contributed by atoms with Crippen molar-refractivity contribution in [3.63, 3.8) is 0 Å². The van der Waals surface area contributed by atoms with Crippen molar-refractivity contribution in [3.05, 3.63) is 41.4 Å². The van der Waals surface area contributed by atoms with Gasteiger partial charge in [-0.25, -0.2) is 0 Å². The number of benzene rings is 2. The Bertz CT molecular complexity index is 580. The topological polar surface area (TPSA) is 46.5 Å². The number of rotatable bonds is 4. The molecule has 0 spiro atoms. The highest BCUT2D eigenvalue weighted by atomic mass is 35.5. The van der Waals surface area contributed by atoms with Crippen LogP contribution >= 0.6 is 11.6 Å². The first-order chi connectivity index (χ1) is 8.58. The predicted octanol–water partition coefficient (Wildman–Crippen LogP) is 3.74. The van der Waals surface area contributed by atoms with Crippen LogP contribution in [0.5, 0.6) is 5.75 Å². The number of carboxylic acid groups (broad SMARTS) is 1. The van der Waals surface area contributed by atoms with E-state index in [4.69, 9.17) is 21.4 Å². The Hall–Kier alpha value is -1.74. The smallest absolute Gasteiger partial charge is 0.307 e. The van der Waals surface area contributed by atoms with Gasteiger partial charge in [0.1, 0.15) is 11.9 Å². The van der Waals surface area contributed by atoms with Crippen molar-refractivity contribution in [2.75, 3.05) is 0 Å². The van der Waals surface area contributed by atoms with Crippen molar-refractivity contribution in [2.24, 2.45) is 0 Å². The Kier molecular flexibility index (Phi) is 3.72. The molecule has 0 aliphatic heterocycles. The fraction of sp³-hybridized carbons (Fsp3) is 0.214. The molecule has 2 aromatic carbocycles. The summed E-state index contributed by atoms with van der Waals surface area (Å²) in [4.78, 5) is 10.6. The summed E-state index contributed by atoms with van der Waals surface area (Å²) in [5.41, 5.74) is 0. The molecule has 1 N–H and O–H groups in total. The van der Waals surface area contributed by atoms with E-state index in [9.17, 15) is 4.79 Å². The largest absolute Gasteiger partial charge is 0.489 e. The van der Waals surface area contributed by atoms with Crippen LogP contribution in [0.2, 0.25) is 5.02 Å². The molecule has 2 aromatic rings. The second kappa shape index (κ2) is 5.27. The highest BCUT2D eigenvalue weighted by Gasteiger charge is 2.11. The molecule has 0 fully saturated rings. The number of carbonyl (C=O) groups is 1. The van der Waals surface area contributed by atoms with E-state index < -0.39 is 5.97 Å². The SMILES string of the molecule is CC(CC(=O)O)Oc1ccc(Cl)c2ccccc12. The van der Waals surface area contributed by atoms with Crippen LogP contribution in [-0.4, -0.2) is 17.2 Å². The van der Waals surface area contributed by atoms with Gasteiger partial charge < -0.3 is 9.84 Å². The van der Waals surface area contributed by atoms with Crippen molar-refractivity contribution >= 4 is 28.3 Å². The number of carboxylic acids is 1. The Balaban J connectivity index is 2.34. The number of aliphatic carboxylic acids is 1. The Morgan fingerprint density at radius 3 is 2.61 bits per heavy atom. The molecule has 2 rings (SSSR count). The van der Waals surface area contributed by atoms with E-state index >= 15 is 0 Å². The van der Waals surface area contributed by atoms with Crippen LogP contribution in [0.3, 0.4) is 0 Å². The molecule has 0 saturated heterocycles. The van der Waals surface area contributed by atoms with Gasteiger partial charge in [0.25, 0.3) is 0 Å². The van der Waals surface area contributed by atoms with Crippen molar-refractivity contribution in [1.82, 2.24) is 0 Å². The van der Waals surface area contributed by atoms with Crippen LogP contribution in [0, 0.1) is 0 Å². The van der Waals surface area contributed by atoms with Gasteiger partial charge in [-0.2, -0.15) is 0 Å². The van der Waals surface area contributed by atoms with Gasteiger partial charge >= 0.3 is 5.97 Å². The predicted molar refractivity (Wildman–Crippen MR) is 71.3 cm³/mol. The van der Waals surface area contributed by atoms with Gasteiger partial charge in [0.15, 0.2) is 0 Å². The molecule has 94 valence electrons. The van der Waals surface area contributed by atoms with Crippen LogP contribution in [0.15, 0.2) is 36.4 Å². The van der Waals surface area contributed by atoms with Gasteiger partial charge in [-0.3, -0.25) is 4.79 Å². The van der Waals surface area contributed by atoms with Crippen molar-refractivity contribution in [2.45, 2.75) is 19.4 Å². The summed E-state index contributed by atoms with van der Waals surface area (Å²) in [5, 5.41) is 11.2. The first kappa shape index (κ1) is 12.7. The third-order valence-corrected chi connectivity index (χ3v) is 2.95. The van der Waals surface area contributed by atoms with Crippen molar-refractivity contribution < 1.29 is 14.6 Å². The second-order valence-corrected chi connectivity index (χ2v) is 4.52. The molecule has 1 atom stereocenters. The van der Waals surface area contributed by atoms with Gasteiger partial charge in [0.2, 0.25) is 0 Å². The van der Waals surface area contributed by atoms with E-state index in [0.717, 1.165) is 10.8 Å². The van der Waals surface area contributed by atoms with Gasteiger partial charge in [-0.1, -0.05) is 35.9 Å². The first-order valence-electron chi connectivity index (χ1n) is 5.63. The van der Waals surface area contributed by atoms with Gasteiger partial charge in [-0.05, 0) is 19.1 Å². The van der Waals surface area contributed by atoms with Gasteiger partial charge in [0, 0.05) is 15.8 Å². The molecule has 0 amide bonds. The fourth-order valence-corrected chi connectivity index (χ4v) is 2.07. The third kappa shape index (κ3) is 2.74. The van der Waals surface area contributed by atoms with Crippen LogP contribution in [0.25, 0.3) is 10.8 Å². The number of hydrogen-bond acceptors (Lipinski definition) is 2. The quantitative estimate of drug-likeness (QED) is 0.915. The summed E-state index contributed by atoms with van der Waals surface area (Å²) in [6.07, 6.45) is -0.413. The van der Waals surface area contributed by atoms with E-state index in [-0.39, 0.29) is 12.5 Å². The Labute approximate surface area is 110 Å². The molecule has 0 bridgehead atoms. The molecule has 0 saturated carbocycles. The van der Waals surface area contributed by atoms with Crippen LogP contribution < -0.4 is 4.74 Å². The number of halogens is 1. The summed E-state index contributed by atoms with van der Waals surface area (Å²) in [6, 6.07) is 11.1. The first-order valence-corrected chi connectivity index (χ1v) is 6.01. The van der Waals surface area contributed by atoms with E-state index in [1.165, 1.54) is 0 Å². The second-order valence-electron chi connectivity index (χ2n) is 4.12. The zero-order chi connectivity index (χ0) is 13.1. The molecule has 0 aliphatic carbocycles. The monoisotopic (exact) mass is 264 g/mol. The molecule has 18 heavy (non-hydrogen) atoms. The number of ether oxygens (including phenoxy) is 1. The van der Waals surface area contributed by atoms with Gasteiger partial charge in [-0.15, -0.1) is 0 Å². The number of fused-ring (bicyclic) bond motifs is 1. The Morgan fingerprint density at radius 1 is 1.28 bits per heavy atom. The minimum atomic E-state index is -0.874. The average Bonchev–Trinajstić information content (AvgIpc) is 2.32. The summed E-state index contributed by atoms with van der Waals surface area (Å²) in [7, 11) is 0. The van der Waals surface area contributed by atoms with Crippen LogP contribution in [0.4, 0.5) is 0 Å². The van der Waals surface area contributed by atoms with Crippen LogP contribution in [-0.2, 0) is 4.79 Å². The summed E-state index contributed by atoms with van der Waals surface area (Å²) >= 11 is 6.10. The summed E-state index contributed by atoms with van der Waals surface area (Å²) in [6.45, 7) is 1.73. The highest BCUT2D eigenvalue weighted by Crippen LogP contribution is 2.31. The minimum Gasteiger partial charge on any atom is -0.489 e. The van der Waals surface area contributed by atoms with Gasteiger partial charge in [0.05, 0.1) is 6.42 Å². The molecular weight excluding hydrogens is 252 g/mol. The number of hydrogen-bond donors (Lipinski definition) is 1. The molecular formula is C14H13ClO3. The lowest BCUT2D eigenvalue weighted by molar-refractivity contribution is -0.138. The molecule has 1 unspecified atom stereocenters. The third-order valence-electron chi connectivity index (χ3n) is 2.62. The summed E-state index contributed by atoms with van der Waals surface area (Å²) < 4.78 is 5.65. The lowest BCUT2D eigenvalue weighted by Gasteiger charge is -2.15. The lowest BCUT2D eigenvalue weighted by Crippen LogP contribution is -2.16. The standard InChI is InChI=1S/C14H13ClO3/c1-9(8-14(16)17)18-13-7-6-12(15)10-4-2-3-5-11(10)13/h2-7,9H,8H2,1H3,(H,16,17). The maximum atomic E-state index is 10.6. The zero-order valence-corrected chi connectivity index (χ0v) is 10.6. The molecule has 0 aromatic heterocycles. The zero-order valence-electron chi connectivity index (χ0n) is 9.89. The van der Waals surface area contributed by atoms with Crippen LogP contribution in [0.1, 0.15) is 13.3 Å². The highest BCUT2D eigenvalue weighted by molar-refractivity contribution is 6.35. The normalized spacial score (nSPS) is 12.3. The van der Waals surface area contributed by atoms with Crippen molar-refractivity contribution in [1.29, 1.82) is 0 Å². The Morgan fingerprint density at radius 2 is 1.94 bits per heavy atom. The van der Waals surface area contributed by atoms with E-state index in [1.54, 1.807) is 19.1 Å². The maximum Gasteiger partial charge on any atom is 0.307 e. The van der Waals surface area contributed by atoms with Crippen molar-refractivity contribution in [3.8, 4) is 5.75 Å². The van der Waals surface area contributed by atoms with E-state index in [2.05, 4.69) is 0 Å².